The Hall–Kier alpha value is -1.23. The topological polar surface area (TPSA) is 47.6 Å². The minimum Gasteiger partial charge on any atom is -0.496 e. The van der Waals surface area contributed by atoms with Crippen LogP contribution in [0.15, 0.2) is 12.1 Å². The fourth-order valence-electron chi connectivity index (χ4n) is 2.08. The van der Waals surface area contributed by atoms with Crippen molar-refractivity contribution >= 4 is 20.7 Å². The number of carbonyl (C=O) groups is 1. The van der Waals surface area contributed by atoms with Crippen LogP contribution in [0.4, 0.5) is 4.79 Å². The number of rotatable bonds is 5. The van der Waals surface area contributed by atoms with Crippen molar-refractivity contribution in [3.05, 3.63) is 23.3 Å². The number of halogens is 1. The van der Waals surface area contributed by atoms with Crippen LogP contribution in [0.2, 0.25) is 0 Å². The number of nitrogens with one attached hydrogen (secondary N) is 1. The molecular formula is C14H20BrNO3. The summed E-state index contributed by atoms with van der Waals surface area (Å²) in [4.78, 5) is 10.8. The van der Waals surface area contributed by atoms with Crippen molar-refractivity contribution in [2.75, 3.05) is 20.8 Å². The summed E-state index contributed by atoms with van der Waals surface area (Å²) in [6, 6.07) is 3.90. The molecule has 0 saturated carbocycles. The van der Waals surface area contributed by atoms with Crippen LogP contribution in [0.25, 0.3) is 0 Å². The Bertz CT molecular complexity index is 472. The SMILES string of the molecule is COc1ccc(C(C)(C)CNC(=O)Br)c(OC)c1C. The Morgan fingerprint density at radius 1 is 1.32 bits per heavy atom. The molecule has 1 N–H and O–H groups in total. The number of hydrogen-bond acceptors (Lipinski definition) is 3. The second-order valence-electron chi connectivity index (χ2n) is 4.98. The molecule has 1 rings (SSSR count). The molecule has 0 fully saturated rings. The van der Waals surface area contributed by atoms with E-state index >= 15 is 0 Å². The molecule has 1 amide bonds. The monoisotopic (exact) mass is 329 g/mol. The Labute approximate surface area is 122 Å². The molecule has 0 saturated heterocycles. The average molecular weight is 330 g/mol. The lowest BCUT2D eigenvalue weighted by atomic mass is 9.83. The summed E-state index contributed by atoms with van der Waals surface area (Å²) in [5.41, 5.74) is 1.75. The first kappa shape index (κ1) is 15.8. The standard InChI is InChI=1S/C14H20BrNO3/c1-9-11(18-4)7-6-10(12(9)19-5)14(2,3)8-16-13(15)17/h6-7H,8H2,1-5H3,(H,16,17). The summed E-state index contributed by atoms with van der Waals surface area (Å²) in [5, 5.41) is 2.77. The largest absolute Gasteiger partial charge is 0.496 e. The fourth-order valence-corrected chi connectivity index (χ4v) is 2.22. The van der Waals surface area contributed by atoms with Crippen molar-refractivity contribution in [3.8, 4) is 11.5 Å². The number of hydrogen-bond donors (Lipinski definition) is 1. The van der Waals surface area contributed by atoms with Crippen LogP contribution in [-0.4, -0.2) is 25.6 Å². The molecule has 1 aromatic carbocycles. The molecule has 5 heteroatoms. The first-order valence-corrected chi connectivity index (χ1v) is 6.78. The second-order valence-corrected chi connectivity index (χ2v) is 5.71. The van der Waals surface area contributed by atoms with Gasteiger partial charge in [-0.15, -0.1) is 0 Å². The van der Waals surface area contributed by atoms with E-state index in [0.717, 1.165) is 22.6 Å². The van der Waals surface area contributed by atoms with E-state index < -0.39 is 0 Å². The van der Waals surface area contributed by atoms with E-state index in [1.807, 2.05) is 19.1 Å². The van der Waals surface area contributed by atoms with Crippen molar-refractivity contribution in [2.45, 2.75) is 26.2 Å². The summed E-state index contributed by atoms with van der Waals surface area (Å²) in [5.74, 6) is 1.59. The highest BCUT2D eigenvalue weighted by molar-refractivity contribution is 9.18. The van der Waals surface area contributed by atoms with Crippen molar-refractivity contribution < 1.29 is 14.3 Å². The van der Waals surface area contributed by atoms with Crippen LogP contribution >= 0.6 is 15.9 Å². The predicted molar refractivity (Wildman–Crippen MR) is 79.6 cm³/mol. The van der Waals surface area contributed by atoms with Crippen molar-refractivity contribution in [3.63, 3.8) is 0 Å². The lowest BCUT2D eigenvalue weighted by Crippen LogP contribution is -2.34. The number of ether oxygens (including phenoxy) is 2. The molecule has 0 unspecified atom stereocenters. The molecule has 4 nitrogen and oxygen atoms in total. The van der Waals surface area contributed by atoms with Crippen LogP contribution < -0.4 is 14.8 Å². The second kappa shape index (κ2) is 6.28. The third-order valence-corrected chi connectivity index (χ3v) is 3.46. The highest BCUT2D eigenvalue weighted by Crippen LogP contribution is 2.38. The normalized spacial score (nSPS) is 11.1. The van der Waals surface area contributed by atoms with E-state index in [1.54, 1.807) is 14.2 Å². The zero-order valence-corrected chi connectivity index (χ0v) is 13.6. The zero-order valence-electron chi connectivity index (χ0n) is 12.0. The van der Waals surface area contributed by atoms with E-state index in [2.05, 4.69) is 35.1 Å². The van der Waals surface area contributed by atoms with Crippen molar-refractivity contribution in [1.29, 1.82) is 0 Å². The van der Waals surface area contributed by atoms with E-state index in [9.17, 15) is 4.79 Å². The van der Waals surface area contributed by atoms with Gasteiger partial charge in [-0.1, -0.05) is 19.9 Å². The first-order chi connectivity index (χ1) is 8.83. The maximum atomic E-state index is 11.0. The third-order valence-electron chi connectivity index (χ3n) is 3.18. The van der Waals surface area contributed by atoms with E-state index in [4.69, 9.17) is 9.47 Å². The van der Waals surface area contributed by atoms with Crippen molar-refractivity contribution in [1.82, 2.24) is 5.32 Å². The number of methoxy groups -OCH3 is 2. The van der Waals surface area contributed by atoms with Gasteiger partial charge in [0, 0.05) is 39.0 Å². The first-order valence-electron chi connectivity index (χ1n) is 5.99. The van der Waals surface area contributed by atoms with Gasteiger partial charge in [0.05, 0.1) is 14.2 Å². The Morgan fingerprint density at radius 2 is 1.95 bits per heavy atom. The molecule has 0 aliphatic heterocycles. The lowest BCUT2D eigenvalue weighted by Gasteiger charge is -2.28. The summed E-state index contributed by atoms with van der Waals surface area (Å²) < 4.78 is 10.8. The van der Waals surface area contributed by atoms with Gasteiger partial charge < -0.3 is 14.8 Å². The zero-order chi connectivity index (χ0) is 14.6. The highest BCUT2D eigenvalue weighted by Gasteiger charge is 2.26. The Kier molecular flexibility index (Phi) is 5.23. The van der Waals surface area contributed by atoms with Gasteiger partial charge in [0.25, 0.3) is 4.82 Å². The molecule has 0 aliphatic rings. The molecule has 0 spiro atoms. The maximum Gasteiger partial charge on any atom is 0.287 e. The van der Waals surface area contributed by atoms with Gasteiger partial charge in [-0.2, -0.15) is 0 Å². The molecule has 19 heavy (non-hydrogen) atoms. The molecule has 1 aromatic rings. The quantitative estimate of drug-likeness (QED) is 0.665. The summed E-state index contributed by atoms with van der Waals surface area (Å²) in [6.45, 7) is 6.58. The minimum absolute atomic E-state index is 0.218. The Morgan fingerprint density at radius 3 is 2.42 bits per heavy atom. The smallest absolute Gasteiger partial charge is 0.287 e. The van der Waals surface area contributed by atoms with Crippen LogP contribution in [0.3, 0.4) is 0 Å². The summed E-state index contributed by atoms with van der Waals surface area (Å²) >= 11 is 2.87. The van der Waals surface area contributed by atoms with Gasteiger partial charge in [0.2, 0.25) is 0 Å². The highest BCUT2D eigenvalue weighted by atomic mass is 79.9. The van der Waals surface area contributed by atoms with Gasteiger partial charge in [-0.25, -0.2) is 0 Å². The molecule has 0 aromatic heterocycles. The molecular weight excluding hydrogens is 310 g/mol. The summed E-state index contributed by atoms with van der Waals surface area (Å²) in [6.07, 6.45) is 0. The number of carbonyl (C=O) groups excluding carboxylic acids is 1. The Balaban J connectivity index is 3.18. The van der Waals surface area contributed by atoms with Gasteiger partial charge in [-0.05, 0) is 13.0 Å². The lowest BCUT2D eigenvalue weighted by molar-refractivity contribution is 0.259. The number of benzene rings is 1. The van der Waals surface area contributed by atoms with E-state index in [0.29, 0.717) is 6.54 Å². The van der Waals surface area contributed by atoms with Gasteiger partial charge in [-0.3, -0.25) is 4.79 Å². The predicted octanol–water partition coefficient (Wildman–Crippen LogP) is 3.39. The molecule has 0 bridgehead atoms. The molecule has 0 aliphatic carbocycles. The van der Waals surface area contributed by atoms with Crippen LogP contribution in [0.5, 0.6) is 11.5 Å². The fraction of sp³-hybridized carbons (Fsp3) is 0.500. The van der Waals surface area contributed by atoms with Gasteiger partial charge >= 0.3 is 0 Å². The maximum absolute atomic E-state index is 11.0. The van der Waals surface area contributed by atoms with E-state index in [1.165, 1.54) is 0 Å². The number of amides is 1. The molecule has 0 atom stereocenters. The average Bonchev–Trinajstić information content (AvgIpc) is 2.36. The van der Waals surface area contributed by atoms with Gasteiger partial charge in [0.15, 0.2) is 0 Å². The van der Waals surface area contributed by atoms with Crippen molar-refractivity contribution in [2.24, 2.45) is 0 Å². The molecule has 0 heterocycles. The summed E-state index contributed by atoms with van der Waals surface area (Å²) in [7, 11) is 3.28. The molecule has 106 valence electrons. The molecule has 0 radical (unpaired) electrons. The van der Waals surface area contributed by atoms with Gasteiger partial charge in [0.1, 0.15) is 11.5 Å². The van der Waals surface area contributed by atoms with E-state index in [-0.39, 0.29) is 10.2 Å². The van der Waals surface area contributed by atoms with Crippen LogP contribution in [-0.2, 0) is 5.41 Å². The minimum atomic E-state index is -0.244. The third kappa shape index (κ3) is 3.62. The van der Waals surface area contributed by atoms with Crippen LogP contribution in [0.1, 0.15) is 25.0 Å². The van der Waals surface area contributed by atoms with Crippen LogP contribution in [0, 0.1) is 6.92 Å².